The molecule has 0 radical (unpaired) electrons. The topological polar surface area (TPSA) is 71.0 Å². The Morgan fingerprint density at radius 3 is 2.34 bits per heavy atom. The summed E-state index contributed by atoms with van der Waals surface area (Å²) in [5.41, 5.74) is 3.02. The van der Waals surface area contributed by atoms with E-state index in [1.54, 1.807) is 24.8 Å². The number of rotatable bonds is 6. The Kier molecular flexibility index (Phi) is 6.10. The number of carbonyl (C=O) groups excluding carboxylic acids is 1. The second-order valence-corrected chi connectivity index (χ2v) is 7.43. The third kappa shape index (κ3) is 5.16. The number of pyridine rings is 1. The molecular weight excluding hydrogens is 362 g/mol. The maximum Gasteiger partial charge on any atom is 0.256 e. The number of aromatic nitrogens is 3. The lowest BCUT2D eigenvalue weighted by Crippen LogP contribution is -2.39. The Morgan fingerprint density at radius 2 is 1.66 bits per heavy atom. The largest absolute Gasteiger partial charge is 0.350 e. The molecule has 1 aliphatic rings. The van der Waals surface area contributed by atoms with E-state index < -0.39 is 0 Å². The van der Waals surface area contributed by atoms with Crippen molar-refractivity contribution in [1.29, 1.82) is 0 Å². The van der Waals surface area contributed by atoms with E-state index in [0.29, 0.717) is 24.0 Å². The fraction of sp³-hybridized carbons (Fsp3) is 0.304. The van der Waals surface area contributed by atoms with Crippen LogP contribution in [0, 0.1) is 5.92 Å². The maximum atomic E-state index is 12.8. The van der Waals surface area contributed by atoms with Gasteiger partial charge in [0.2, 0.25) is 5.95 Å². The van der Waals surface area contributed by atoms with Crippen LogP contribution in [0.5, 0.6) is 0 Å². The van der Waals surface area contributed by atoms with Crippen LogP contribution in [0.25, 0.3) is 0 Å². The highest BCUT2D eigenvalue weighted by Crippen LogP contribution is 2.22. The maximum absolute atomic E-state index is 12.8. The highest BCUT2D eigenvalue weighted by Gasteiger charge is 2.24. The van der Waals surface area contributed by atoms with Gasteiger partial charge in [0.15, 0.2) is 0 Å². The standard InChI is InChI=1S/C23H25N5O/c29-22(28-12-8-19(9-13-28)14-18-4-2-1-3-5-18)21-16-26-23(27-17-21)25-15-20-6-10-24-11-7-20/h1-7,10-11,16-17,19H,8-9,12-15H2,(H,25,26,27). The van der Waals surface area contributed by atoms with E-state index in [0.717, 1.165) is 37.9 Å². The highest BCUT2D eigenvalue weighted by atomic mass is 16.2. The summed E-state index contributed by atoms with van der Waals surface area (Å²) in [6, 6.07) is 14.5. The molecule has 0 spiro atoms. The van der Waals surface area contributed by atoms with Crippen LogP contribution < -0.4 is 5.32 Å². The van der Waals surface area contributed by atoms with Gasteiger partial charge < -0.3 is 10.2 Å². The summed E-state index contributed by atoms with van der Waals surface area (Å²) in [6.07, 6.45) is 9.88. The summed E-state index contributed by atoms with van der Waals surface area (Å²) in [4.78, 5) is 27.3. The normalized spacial score (nSPS) is 14.6. The molecule has 0 aliphatic carbocycles. The third-order valence-corrected chi connectivity index (χ3v) is 5.37. The lowest BCUT2D eigenvalue weighted by atomic mass is 9.90. The first kappa shape index (κ1) is 19.1. The number of nitrogens with zero attached hydrogens (tertiary/aromatic N) is 4. The number of hydrogen-bond donors (Lipinski definition) is 1. The molecule has 148 valence electrons. The Bertz CT molecular complexity index is 907. The zero-order valence-electron chi connectivity index (χ0n) is 16.4. The summed E-state index contributed by atoms with van der Waals surface area (Å²) in [6.45, 7) is 2.20. The van der Waals surface area contributed by atoms with Crippen LogP contribution in [0.3, 0.4) is 0 Å². The molecule has 6 nitrogen and oxygen atoms in total. The van der Waals surface area contributed by atoms with Crippen LogP contribution in [0.1, 0.15) is 34.3 Å². The molecule has 1 aliphatic heterocycles. The molecule has 1 fully saturated rings. The molecule has 0 unspecified atom stereocenters. The van der Waals surface area contributed by atoms with Crippen LogP contribution in [0.15, 0.2) is 67.3 Å². The van der Waals surface area contributed by atoms with Crippen molar-refractivity contribution in [3.63, 3.8) is 0 Å². The zero-order chi connectivity index (χ0) is 19.9. The fourth-order valence-corrected chi connectivity index (χ4v) is 3.68. The van der Waals surface area contributed by atoms with Crippen LogP contribution in [0.2, 0.25) is 0 Å². The molecule has 3 heterocycles. The Hall–Kier alpha value is -3.28. The molecule has 1 saturated heterocycles. The van der Waals surface area contributed by atoms with Crippen molar-refractivity contribution < 1.29 is 4.79 Å². The summed E-state index contributed by atoms with van der Waals surface area (Å²) in [5, 5.41) is 3.16. The van der Waals surface area contributed by atoms with Crippen molar-refractivity contribution in [2.45, 2.75) is 25.8 Å². The molecule has 1 aromatic carbocycles. The molecule has 0 atom stereocenters. The van der Waals surface area contributed by atoms with Gasteiger partial charge in [-0.25, -0.2) is 9.97 Å². The van der Waals surface area contributed by atoms with Gasteiger partial charge in [0.1, 0.15) is 0 Å². The molecule has 1 N–H and O–H groups in total. The lowest BCUT2D eigenvalue weighted by molar-refractivity contribution is 0.0689. The minimum absolute atomic E-state index is 0.0174. The summed E-state index contributed by atoms with van der Waals surface area (Å²) in [5.74, 6) is 1.17. The molecule has 6 heteroatoms. The van der Waals surface area contributed by atoms with Gasteiger partial charge in [-0.15, -0.1) is 0 Å². The molecule has 0 bridgehead atoms. The number of anilines is 1. The van der Waals surface area contributed by atoms with Crippen molar-refractivity contribution in [3.05, 3.63) is 83.9 Å². The number of amides is 1. The summed E-state index contributed by atoms with van der Waals surface area (Å²) in [7, 11) is 0. The van der Waals surface area contributed by atoms with Crippen LogP contribution in [-0.2, 0) is 13.0 Å². The average molecular weight is 387 g/mol. The van der Waals surface area contributed by atoms with Gasteiger partial charge in [-0.1, -0.05) is 30.3 Å². The smallest absolute Gasteiger partial charge is 0.256 e. The van der Waals surface area contributed by atoms with E-state index in [4.69, 9.17) is 0 Å². The van der Waals surface area contributed by atoms with E-state index in [1.807, 2.05) is 23.1 Å². The van der Waals surface area contributed by atoms with Gasteiger partial charge in [0, 0.05) is 44.4 Å². The predicted octanol–water partition coefficient (Wildman–Crippen LogP) is 3.58. The highest BCUT2D eigenvalue weighted by molar-refractivity contribution is 5.93. The average Bonchev–Trinajstić information content (AvgIpc) is 2.79. The molecule has 2 aromatic heterocycles. The predicted molar refractivity (Wildman–Crippen MR) is 112 cm³/mol. The Morgan fingerprint density at radius 1 is 0.966 bits per heavy atom. The van der Waals surface area contributed by atoms with Gasteiger partial charge in [-0.3, -0.25) is 9.78 Å². The minimum atomic E-state index is 0.0174. The first-order chi connectivity index (χ1) is 14.3. The number of benzene rings is 1. The van der Waals surface area contributed by atoms with Crippen molar-refractivity contribution in [1.82, 2.24) is 19.9 Å². The summed E-state index contributed by atoms with van der Waals surface area (Å²) < 4.78 is 0. The number of carbonyl (C=O) groups is 1. The molecule has 29 heavy (non-hydrogen) atoms. The number of nitrogens with one attached hydrogen (secondary N) is 1. The van der Waals surface area contributed by atoms with Crippen LogP contribution in [-0.4, -0.2) is 38.8 Å². The third-order valence-electron chi connectivity index (χ3n) is 5.37. The van der Waals surface area contributed by atoms with E-state index in [-0.39, 0.29) is 5.91 Å². The van der Waals surface area contributed by atoms with Crippen molar-refractivity contribution in [2.24, 2.45) is 5.92 Å². The van der Waals surface area contributed by atoms with Gasteiger partial charge >= 0.3 is 0 Å². The van der Waals surface area contributed by atoms with Crippen LogP contribution >= 0.6 is 0 Å². The van der Waals surface area contributed by atoms with E-state index >= 15 is 0 Å². The molecule has 0 saturated carbocycles. The van der Waals surface area contributed by atoms with Gasteiger partial charge in [0.05, 0.1) is 5.56 Å². The Labute approximate surface area is 171 Å². The first-order valence-electron chi connectivity index (χ1n) is 10.1. The molecule has 4 rings (SSSR count). The molecule has 3 aromatic rings. The number of piperidine rings is 1. The van der Waals surface area contributed by atoms with Crippen molar-refractivity contribution in [2.75, 3.05) is 18.4 Å². The molecular formula is C23H25N5O. The quantitative estimate of drug-likeness (QED) is 0.700. The number of hydrogen-bond acceptors (Lipinski definition) is 5. The van der Waals surface area contributed by atoms with Crippen molar-refractivity contribution in [3.8, 4) is 0 Å². The van der Waals surface area contributed by atoms with Crippen molar-refractivity contribution >= 4 is 11.9 Å². The van der Waals surface area contributed by atoms with E-state index in [9.17, 15) is 4.79 Å². The minimum Gasteiger partial charge on any atom is -0.350 e. The van der Waals surface area contributed by atoms with Gasteiger partial charge in [0.25, 0.3) is 5.91 Å². The van der Waals surface area contributed by atoms with Crippen LogP contribution in [0.4, 0.5) is 5.95 Å². The monoisotopic (exact) mass is 387 g/mol. The summed E-state index contributed by atoms with van der Waals surface area (Å²) >= 11 is 0. The number of likely N-dealkylation sites (tertiary alicyclic amines) is 1. The second-order valence-electron chi connectivity index (χ2n) is 7.43. The zero-order valence-corrected chi connectivity index (χ0v) is 16.4. The lowest BCUT2D eigenvalue weighted by Gasteiger charge is -2.32. The second kappa shape index (κ2) is 9.28. The van der Waals surface area contributed by atoms with E-state index in [2.05, 4.69) is 44.5 Å². The van der Waals surface area contributed by atoms with Gasteiger partial charge in [-0.05, 0) is 48.4 Å². The van der Waals surface area contributed by atoms with E-state index in [1.165, 1.54) is 5.56 Å². The Balaban J connectivity index is 1.27. The molecule has 1 amide bonds. The fourth-order valence-electron chi connectivity index (χ4n) is 3.68. The SMILES string of the molecule is O=C(c1cnc(NCc2ccncc2)nc1)N1CCC(Cc2ccccc2)CC1. The van der Waals surface area contributed by atoms with Gasteiger partial charge in [-0.2, -0.15) is 0 Å². The first-order valence-corrected chi connectivity index (χ1v) is 10.1.